The monoisotopic (exact) mass is 136 g/mol. The van der Waals surface area contributed by atoms with Crippen LogP contribution >= 0.6 is 0 Å². The molecule has 1 atom stereocenters. The molecule has 0 amide bonds. The average Bonchev–Trinajstić information content (AvgIpc) is 1.68. The Bertz CT molecular complexity index is 39.5. The van der Waals surface area contributed by atoms with Crippen molar-refractivity contribution in [1.29, 1.82) is 0 Å². The van der Waals surface area contributed by atoms with E-state index in [-0.39, 0.29) is 7.43 Å². The summed E-state index contributed by atoms with van der Waals surface area (Å²) in [7, 11) is 0.473. The molecular formula is C6H16OS. The highest BCUT2D eigenvalue weighted by atomic mass is 32.2. The summed E-state index contributed by atoms with van der Waals surface area (Å²) in [6.07, 6.45) is 2.18. The third kappa shape index (κ3) is 6.31. The van der Waals surface area contributed by atoms with E-state index in [1.165, 1.54) is 5.75 Å². The van der Waals surface area contributed by atoms with Crippen LogP contribution in [-0.4, -0.2) is 29.5 Å². The van der Waals surface area contributed by atoms with Crippen LogP contribution < -0.4 is 0 Å². The van der Waals surface area contributed by atoms with Crippen LogP contribution in [0.25, 0.3) is 0 Å². The van der Waals surface area contributed by atoms with Gasteiger partial charge in [0, 0.05) is 0 Å². The third-order valence-corrected chi connectivity index (χ3v) is 2.80. The zero-order valence-corrected chi connectivity index (χ0v) is 6.79. The number of hydrogen-bond donors (Lipinski definition) is 1. The SMILES string of the molecule is CC[S+](C)CCO.[CH3-]. The molecule has 1 N–H and O–H groups in total. The van der Waals surface area contributed by atoms with Crippen LogP contribution in [0.1, 0.15) is 6.92 Å². The van der Waals surface area contributed by atoms with Crippen LogP contribution in [0.2, 0.25) is 0 Å². The van der Waals surface area contributed by atoms with Gasteiger partial charge in [-0.05, 0) is 17.8 Å². The third-order valence-electron chi connectivity index (χ3n) is 0.933. The van der Waals surface area contributed by atoms with Crippen molar-refractivity contribution in [3.8, 4) is 0 Å². The van der Waals surface area contributed by atoms with Gasteiger partial charge in [0.25, 0.3) is 0 Å². The van der Waals surface area contributed by atoms with Gasteiger partial charge in [0.15, 0.2) is 0 Å². The summed E-state index contributed by atoms with van der Waals surface area (Å²) in [5, 5.41) is 8.37. The van der Waals surface area contributed by atoms with E-state index in [1.54, 1.807) is 0 Å². The zero-order valence-electron chi connectivity index (χ0n) is 5.98. The van der Waals surface area contributed by atoms with E-state index in [4.69, 9.17) is 5.11 Å². The highest BCUT2D eigenvalue weighted by molar-refractivity contribution is 7.96. The summed E-state index contributed by atoms with van der Waals surface area (Å²) in [5.41, 5.74) is 0. The Balaban J connectivity index is 0. The van der Waals surface area contributed by atoms with Gasteiger partial charge in [-0.25, -0.2) is 0 Å². The van der Waals surface area contributed by atoms with Crippen LogP contribution in [0, 0.1) is 7.43 Å². The van der Waals surface area contributed by atoms with Crippen molar-refractivity contribution in [2.45, 2.75) is 6.92 Å². The lowest BCUT2D eigenvalue weighted by Gasteiger charge is -1.93. The van der Waals surface area contributed by atoms with E-state index in [0.717, 1.165) is 5.75 Å². The largest absolute Gasteiger partial charge is 0.391 e. The normalized spacial score (nSPS) is 12.4. The number of aliphatic hydroxyl groups excluding tert-OH is 1. The Kier molecular flexibility index (Phi) is 10.2. The maximum atomic E-state index is 8.37. The van der Waals surface area contributed by atoms with Crippen LogP contribution in [0.15, 0.2) is 0 Å². The minimum atomic E-state index is 0. The summed E-state index contributed by atoms with van der Waals surface area (Å²) in [4.78, 5) is 0. The summed E-state index contributed by atoms with van der Waals surface area (Å²) < 4.78 is 0. The smallest absolute Gasteiger partial charge is 0.130 e. The van der Waals surface area contributed by atoms with Crippen LogP contribution in [0.3, 0.4) is 0 Å². The standard InChI is InChI=1S/C5H13OS.CH3/c1-3-7(2)5-4-6;/h6H,3-5H2,1-2H3;1H3/q+1;-1. The van der Waals surface area contributed by atoms with E-state index in [1.807, 2.05) is 0 Å². The summed E-state index contributed by atoms with van der Waals surface area (Å²) >= 11 is 0. The van der Waals surface area contributed by atoms with E-state index < -0.39 is 0 Å². The van der Waals surface area contributed by atoms with Crippen LogP contribution in [0.5, 0.6) is 0 Å². The molecule has 1 unspecified atom stereocenters. The van der Waals surface area contributed by atoms with E-state index in [2.05, 4.69) is 13.2 Å². The Morgan fingerprint density at radius 3 is 2.12 bits per heavy atom. The number of aliphatic hydroxyl groups is 1. The molecule has 0 aliphatic carbocycles. The first-order valence-corrected chi connectivity index (χ1v) is 4.48. The van der Waals surface area contributed by atoms with Crippen molar-refractivity contribution in [2.24, 2.45) is 0 Å². The minimum Gasteiger partial charge on any atom is -0.391 e. The summed E-state index contributed by atoms with van der Waals surface area (Å²) in [5.74, 6) is 2.19. The second-order valence-corrected chi connectivity index (χ2v) is 4.05. The molecule has 0 aromatic heterocycles. The quantitative estimate of drug-likeness (QED) is 0.447. The Hall–Kier alpha value is 0.310. The predicted octanol–water partition coefficient (Wildman–Crippen LogP) is 0.697. The second-order valence-electron chi connectivity index (χ2n) is 1.50. The van der Waals surface area contributed by atoms with Gasteiger partial charge in [0.05, 0.1) is 12.9 Å². The Labute approximate surface area is 55.5 Å². The van der Waals surface area contributed by atoms with Gasteiger partial charge in [-0.3, -0.25) is 0 Å². The molecule has 0 aliphatic rings. The molecule has 0 rings (SSSR count). The molecule has 0 aromatic rings. The van der Waals surface area contributed by atoms with Crippen LogP contribution in [-0.2, 0) is 10.9 Å². The zero-order chi connectivity index (χ0) is 5.70. The molecule has 0 bridgehead atoms. The van der Waals surface area contributed by atoms with Crippen molar-refractivity contribution >= 4 is 10.9 Å². The molecule has 1 nitrogen and oxygen atoms in total. The van der Waals surface area contributed by atoms with Gasteiger partial charge in [-0.15, -0.1) is 0 Å². The predicted molar refractivity (Wildman–Crippen MR) is 42.2 cm³/mol. The molecule has 0 heterocycles. The molecule has 0 fully saturated rings. The molecular weight excluding hydrogens is 120 g/mol. The molecule has 0 saturated heterocycles. The van der Waals surface area contributed by atoms with Gasteiger partial charge >= 0.3 is 0 Å². The Morgan fingerprint density at radius 1 is 1.50 bits per heavy atom. The Morgan fingerprint density at radius 2 is 2.00 bits per heavy atom. The topological polar surface area (TPSA) is 20.2 Å². The van der Waals surface area contributed by atoms with Crippen molar-refractivity contribution in [1.82, 2.24) is 0 Å². The molecule has 2 heteroatoms. The fourth-order valence-corrected chi connectivity index (χ4v) is 0.901. The van der Waals surface area contributed by atoms with Gasteiger partial charge in [0.2, 0.25) is 0 Å². The van der Waals surface area contributed by atoms with Gasteiger partial charge < -0.3 is 12.5 Å². The number of hydrogen-bond acceptors (Lipinski definition) is 1. The molecule has 52 valence electrons. The van der Waals surface area contributed by atoms with Crippen molar-refractivity contribution in [3.05, 3.63) is 7.43 Å². The van der Waals surface area contributed by atoms with E-state index >= 15 is 0 Å². The van der Waals surface area contributed by atoms with Gasteiger partial charge in [-0.1, -0.05) is 0 Å². The van der Waals surface area contributed by atoms with Crippen molar-refractivity contribution < 1.29 is 5.11 Å². The molecule has 0 aliphatic heterocycles. The molecule has 0 saturated carbocycles. The lowest BCUT2D eigenvalue weighted by atomic mass is 10.9. The minimum absolute atomic E-state index is 0. The first-order chi connectivity index (χ1) is 3.31. The second kappa shape index (κ2) is 7.31. The van der Waals surface area contributed by atoms with E-state index in [9.17, 15) is 0 Å². The maximum Gasteiger partial charge on any atom is 0.130 e. The molecule has 0 spiro atoms. The molecule has 0 aromatic carbocycles. The lowest BCUT2D eigenvalue weighted by molar-refractivity contribution is 0.322. The van der Waals surface area contributed by atoms with Crippen molar-refractivity contribution in [3.63, 3.8) is 0 Å². The van der Waals surface area contributed by atoms with E-state index in [0.29, 0.717) is 17.5 Å². The fraction of sp³-hybridized carbons (Fsp3) is 0.833. The van der Waals surface area contributed by atoms with Crippen molar-refractivity contribution in [2.75, 3.05) is 24.4 Å². The highest BCUT2D eigenvalue weighted by Crippen LogP contribution is 1.86. The summed E-state index contributed by atoms with van der Waals surface area (Å²) in [6.45, 7) is 2.51. The van der Waals surface area contributed by atoms with Crippen LogP contribution in [0.4, 0.5) is 0 Å². The summed E-state index contributed by atoms with van der Waals surface area (Å²) in [6, 6.07) is 0. The van der Waals surface area contributed by atoms with Gasteiger partial charge in [-0.2, -0.15) is 0 Å². The average molecular weight is 136 g/mol. The first kappa shape index (κ1) is 11.2. The lowest BCUT2D eigenvalue weighted by Crippen LogP contribution is -2.09. The first-order valence-electron chi connectivity index (χ1n) is 2.51. The van der Waals surface area contributed by atoms with Gasteiger partial charge in [0.1, 0.15) is 11.5 Å². The molecule has 0 radical (unpaired) electrons. The highest BCUT2D eigenvalue weighted by Gasteiger charge is 2.02. The maximum absolute atomic E-state index is 8.37. The fourth-order valence-electron chi connectivity index (χ4n) is 0.300. The number of rotatable bonds is 3. The molecule has 8 heavy (non-hydrogen) atoms.